The Bertz CT molecular complexity index is 1400. The molecule has 9 nitrogen and oxygen atoms in total. The van der Waals surface area contributed by atoms with Crippen molar-refractivity contribution in [3.63, 3.8) is 0 Å². The van der Waals surface area contributed by atoms with E-state index in [0.717, 1.165) is 29.9 Å². The van der Waals surface area contributed by atoms with Gasteiger partial charge in [0.2, 0.25) is 5.91 Å². The molecule has 1 aromatic carbocycles. The van der Waals surface area contributed by atoms with E-state index in [2.05, 4.69) is 15.3 Å². The third kappa shape index (κ3) is 3.44. The molecular formula is C24H25FN4O5. The standard InChI is InChI=1S/C24H25FN4O5/c1-12(19-17(34-2)4-3-7-26-19)27-21(31)16(11-24-8-13(9-24)10-24)29-22(32)18-15(28-23(29)33)6-5-14(25)20(18)30/h3-7,12-13,16,30H,8-11H2,1-2H3,(H,27,31)(H,28,33). The summed E-state index contributed by atoms with van der Waals surface area (Å²) in [6, 6.07) is 3.90. The Morgan fingerprint density at radius 1 is 1.35 bits per heavy atom. The number of carbonyl (C=O) groups is 1. The Hall–Kier alpha value is -3.69. The maximum atomic E-state index is 14.0. The van der Waals surface area contributed by atoms with Gasteiger partial charge in [-0.15, -0.1) is 0 Å². The van der Waals surface area contributed by atoms with Crippen LogP contribution in [0.1, 0.15) is 50.4 Å². The van der Waals surface area contributed by atoms with Gasteiger partial charge in [0.05, 0.1) is 18.7 Å². The Morgan fingerprint density at radius 3 is 2.74 bits per heavy atom. The molecule has 1 amide bonds. The van der Waals surface area contributed by atoms with Crippen LogP contribution in [0.15, 0.2) is 40.1 Å². The number of hydrogen-bond donors (Lipinski definition) is 3. The summed E-state index contributed by atoms with van der Waals surface area (Å²) < 4.78 is 20.1. The molecule has 3 fully saturated rings. The van der Waals surface area contributed by atoms with Gasteiger partial charge in [-0.05, 0) is 68.2 Å². The van der Waals surface area contributed by atoms with Gasteiger partial charge in [-0.3, -0.25) is 14.6 Å². The highest BCUT2D eigenvalue weighted by atomic mass is 19.1. The molecule has 6 rings (SSSR count). The van der Waals surface area contributed by atoms with Gasteiger partial charge in [-0.1, -0.05) is 0 Å². The molecule has 10 heteroatoms. The Morgan fingerprint density at radius 2 is 2.09 bits per heavy atom. The smallest absolute Gasteiger partial charge is 0.329 e. The van der Waals surface area contributed by atoms with Crippen molar-refractivity contribution in [3.05, 3.63) is 62.8 Å². The minimum absolute atomic E-state index is 0.00131. The van der Waals surface area contributed by atoms with Gasteiger partial charge in [-0.2, -0.15) is 0 Å². The second kappa shape index (κ2) is 7.96. The lowest BCUT2D eigenvalue weighted by molar-refractivity contribution is -0.140. The number of nitrogens with zero attached hydrogens (tertiary/aromatic N) is 2. The predicted octanol–water partition coefficient (Wildman–Crippen LogP) is 2.55. The van der Waals surface area contributed by atoms with Crippen LogP contribution in [0.3, 0.4) is 0 Å². The summed E-state index contributed by atoms with van der Waals surface area (Å²) in [5, 5.41) is 12.7. The minimum atomic E-state index is -1.14. The lowest BCUT2D eigenvalue weighted by Crippen LogP contribution is -2.55. The number of phenols is 1. The van der Waals surface area contributed by atoms with Crippen LogP contribution in [0.25, 0.3) is 10.9 Å². The summed E-state index contributed by atoms with van der Waals surface area (Å²) in [5.74, 6) is -1.26. The maximum absolute atomic E-state index is 14.0. The normalized spacial score (nSPS) is 22.4. The topological polar surface area (TPSA) is 126 Å². The van der Waals surface area contributed by atoms with Crippen LogP contribution < -0.4 is 21.3 Å². The summed E-state index contributed by atoms with van der Waals surface area (Å²) in [4.78, 5) is 46.6. The number of fused-ring (bicyclic) bond motifs is 1. The number of rotatable bonds is 7. The average molecular weight is 468 g/mol. The summed E-state index contributed by atoms with van der Waals surface area (Å²) in [6.07, 6.45) is 4.71. The maximum Gasteiger partial charge on any atom is 0.329 e. The quantitative estimate of drug-likeness (QED) is 0.489. The van der Waals surface area contributed by atoms with Gasteiger partial charge in [0.25, 0.3) is 5.56 Å². The first-order valence-electron chi connectivity index (χ1n) is 11.2. The summed E-state index contributed by atoms with van der Waals surface area (Å²) in [6.45, 7) is 1.73. The van der Waals surface area contributed by atoms with Crippen LogP contribution in [0.5, 0.6) is 11.5 Å². The third-order valence-corrected chi connectivity index (χ3v) is 7.22. The first-order chi connectivity index (χ1) is 16.2. The van der Waals surface area contributed by atoms with Crippen LogP contribution in [-0.2, 0) is 4.79 Å². The zero-order valence-corrected chi connectivity index (χ0v) is 18.8. The number of phenolic OH excluding ortho intramolecular Hbond substituents is 1. The molecular weight excluding hydrogens is 443 g/mol. The molecule has 0 saturated heterocycles. The van der Waals surface area contributed by atoms with Crippen molar-refractivity contribution in [1.82, 2.24) is 19.9 Å². The lowest BCUT2D eigenvalue weighted by atomic mass is 9.43. The highest BCUT2D eigenvalue weighted by molar-refractivity contribution is 5.85. The number of pyridine rings is 1. The van der Waals surface area contributed by atoms with Gasteiger partial charge in [0.1, 0.15) is 22.9 Å². The van der Waals surface area contributed by atoms with Crippen molar-refractivity contribution in [2.75, 3.05) is 7.11 Å². The fourth-order valence-corrected chi connectivity index (χ4v) is 5.46. The molecule has 0 radical (unpaired) electrons. The van der Waals surface area contributed by atoms with Crippen LogP contribution >= 0.6 is 0 Å². The van der Waals surface area contributed by atoms with Gasteiger partial charge in [-0.25, -0.2) is 13.8 Å². The zero-order chi connectivity index (χ0) is 24.2. The molecule has 3 N–H and O–H groups in total. The largest absolute Gasteiger partial charge is 0.504 e. The van der Waals surface area contributed by atoms with Crippen LogP contribution in [0, 0.1) is 17.2 Å². The van der Waals surface area contributed by atoms with Gasteiger partial charge < -0.3 is 20.1 Å². The van der Waals surface area contributed by atoms with Gasteiger partial charge in [0.15, 0.2) is 11.6 Å². The summed E-state index contributed by atoms with van der Waals surface area (Å²) in [5.41, 5.74) is -1.30. The van der Waals surface area contributed by atoms with Crippen LogP contribution in [0.4, 0.5) is 4.39 Å². The molecule has 2 heterocycles. The molecule has 3 aliphatic carbocycles. The highest BCUT2D eigenvalue weighted by Gasteiger charge is 2.57. The van der Waals surface area contributed by atoms with Crippen LogP contribution in [-0.4, -0.2) is 32.7 Å². The number of ether oxygens (including phenoxy) is 1. The third-order valence-electron chi connectivity index (χ3n) is 7.22. The van der Waals surface area contributed by atoms with Gasteiger partial charge in [0, 0.05) is 6.20 Å². The first kappa shape index (κ1) is 22.1. The molecule has 0 aliphatic heterocycles. The van der Waals surface area contributed by atoms with E-state index in [4.69, 9.17) is 4.74 Å². The Kier molecular flexibility index (Phi) is 5.18. The van der Waals surface area contributed by atoms with Crippen LogP contribution in [0.2, 0.25) is 0 Å². The zero-order valence-electron chi connectivity index (χ0n) is 18.8. The van der Waals surface area contributed by atoms with Crippen molar-refractivity contribution in [2.45, 2.75) is 44.7 Å². The van der Waals surface area contributed by atoms with E-state index in [-0.39, 0.29) is 16.3 Å². The molecule has 2 aromatic heterocycles. The molecule has 0 spiro atoms. The molecule has 3 aliphatic rings. The van der Waals surface area contributed by atoms with Crippen molar-refractivity contribution in [3.8, 4) is 11.5 Å². The second-order valence-corrected chi connectivity index (χ2v) is 9.44. The summed E-state index contributed by atoms with van der Waals surface area (Å²) in [7, 11) is 1.50. The van der Waals surface area contributed by atoms with E-state index >= 15 is 0 Å². The highest BCUT2D eigenvalue weighted by Crippen LogP contribution is 2.67. The number of halogens is 1. The molecule has 3 saturated carbocycles. The van der Waals surface area contributed by atoms with E-state index in [1.165, 1.54) is 13.2 Å². The average Bonchev–Trinajstić information content (AvgIpc) is 2.75. The monoisotopic (exact) mass is 468 g/mol. The number of nitrogens with one attached hydrogen (secondary N) is 2. The first-order valence-corrected chi connectivity index (χ1v) is 11.2. The van der Waals surface area contributed by atoms with Crippen molar-refractivity contribution >= 4 is 16.8 Å². The van der Waals surface area contributed by atoms with E-state index in [0.29, 0.717) is 23.8 Å². The number of aromatic nitrogens is 3. The van der Waals surface area contributed by atoms with E-state index < -0.39 is 40.8 Å². The summed E-state index contributed by atoms with van der Waals surface area (Å²) >= 11 is 0. The predicted molar refractivity (Wildman–Crippen MR) is 121 cm³/mol. The molecule has 34 heavy (non-hydrogen) atoms. The number of benzene rings is 1. The number of aromatic amines is 1. The fraction of sp³-hybridized carbons (Fsp3) is 0.417. The van der Waals surface area contributed by atoms with Crippen molar-refractivity contribution in [1.29, 1.82) is 0 Å². The lowest BCUT2D eigenvalue weighted by Gasteiger charge is -2.63. The second-order valence-electron chi connectivity index (χ2n) is 9.44. The fourth-order valence-electron chi connectivity index (χ4n) is 5.46. The SMILES string of the molecule is COc1cccnc1C(C)NC(=O)C(CC12CC(C1)C2)n1c(=O)[nH]c2ccc(F)c(O)c2c1=O. The number of H-pyrrole nitrogens is 1. The molecule has 178 valence electrons. The number of hydrogen-bond acceptors (Lipinski definition) is 6. The molecule has 2 bridgehead atoms. The number of carbonyl (C=O) groups excluding carboxylic acids is 1. The van der Waals surface area contributed by atoms with Gasteiger partial charge >= 0.3 is 5.69 Å². The molecule has 3 aromatic rings. The Balaban J connectivity index is 1.56. The van der Waals surface area contributed by atoms with Crippen molar-refractivity contribution < 1.29 is 19.0 Å². The van der Waals surface area contributed by atoms with E-state index in [1.807, 2.05) is 0 Å². The van der Waals surface area contributed by atoms with Crippen molar-refractivity contribution in [2.24, 2.45) is 11.3 Å². The van der Waals surface area contributed by atoms with E-state index in [1.54, 1.807) is 25.3 Å². The molecule has 2 unspecified atom stereocenters. The Labute approximate surface area is 193 Å². The number of amides is 1. The number of methoxy groups -OCH3 is 1. The number of aromatic hydroxyl groups is 1. The molecule has 2 atom stereocenters. The van der Waals surface area contributed by atoms with E-state index in [9.17, 15) is 23.9 Å². The minimum Gasteiger partial charge on any atom is -0.504 e.